The van der Waals surface area contributed by atoms with Crippen LogP contribution in [0.15, 0.2) is 0 Å². The maximum atomic E-state index is 11.8. The largest absolute Gasteiger partial charge is 0.350 e. The summed E-state index contributed by atoms with van der Waals surface area (Å²) < 4.78 is 0. The highest BCUT2D eigenvalue weighted by Gasteiger charge is 2.18. The van der Waals surface area contributed by atoms with Gasteiger partial charge in [-0.2, -0.15) is 0 Å². The fourth-order valence-corrected chi connectivity index (χ4v) is 1.63. The van der Waals surface area contributed by atoms with Crippen LogP contribution in [0, 0.1) is 0 Å². The van der Waals surface area contributed by atoms with E-state index >= 15 is 0 Å². The van der Waals surface area contributed by atoms with Gasteiger partial charge < -0.3 is 15.5 Å². The second-order valence-corrected chi connectivity index (χ2v) is 6.70. The number of nitrogens with one attached hydrogen (secondary N) is 2. The van der Waals surface area contributed by atoms with Gasteiger partial charge in [0, 0.05) is 11.6 Å². The van der Waals surface area contributed by atoms with Gasteiger partial charge in [-0.05, 0) is 74.5 Å². The van der Waals surface area contributed by atoms with Crippen molar-refractivity contribution in [2.45, 2.75) is 72.0 Å². The SMILES string of the molecule is CC(NCCCCN(C)C(C)C)C(=O)NC(C)(C)C. The van der Waals surface area contributed by atoms with Crippen molar-refractivity contribution in [3.63, 3.8) is 0 Å². The number of hydrogen-bond donors (Lipinski definition) is 2. The molecule has 0 heterocycles. The van der Waals surface area contributed by atoms with Gasteiger partial charge in [-0.25, -0.2) is 0 Å². The van der Waals surface area contributed by atoms with E-state index in [1.165, 1.54) is 0 Å². The molecule has 0 rings (SSSR count). The van der Waals surface area contributed by atoms with Crippen molar-refractivity contribution < 1.29 is 4.79 Å². The van der Waals surface area contributed by atoms with E-state index in [0.717, 1.165) is 25.9 Å². The van der Waals surface area contributed by atoms with Gasteiger partial charge in [0.1, 0.15) is 0 Å². The molecule has 0 aromatic heterocycles. The van der Waals surface area contributed by atoms with Crippen LogP contribution in [0.3, 0.4) is 0 Å². The van der Waals surface area contributed by atoms with E-state index in [1.807, 2.05) is 27.7 Å². The summed E-state index contributed by atoms with van der Waals surface area (Å²) in [5, 5.41) is 6.26. The molecule has 0 aliphatic rings. The summed E-state index contributed by atoms with van der Waals surface area (Å²) in [6, 6.07) is 0.478. The van der Waals surface area contributed by atoms with Crippen molar-refractivity contribution in [1.29, 1.82) is 0 Å². The first kappa shape index (κ1) is 18.4. The van der Waals surface area contributed by atoms with Gasteiger partial charge >= 0.3 is 0 Å². The van der Waals surface area contributed by atoms with E-state index < -0.39 is 0 Å². The average molecular weight is 271 g/mol. The third kappa shape index (κ3) is 9.91. The van der Waals surface area contributed by atoms with Crippen LogP contribution in [0.4, 0.5) is 0 Å². The van der Waals surface area contributed by atoms with E-state index in [1.54, 1.807) is 0 Å². The lowest BCUT2D eigenvalue weighted by molar-refractivity contribution is -0.124. The minimum Gasteiger partial charge on any atom is -0.350 e. The van der Waals surface area contributed by atoms with Crippen LogP contribution >= 0.6 is 0 Å². The molecule has 0 bridgehead atoms. The van der Waals surface area contributed by atoms with Gasteiger partial charge in [-0.15, -0.1) is 0 Å². The van der Waals surface area contributed by atoms with Crippen molar-refractivity contribution in [2.75, 3.05) is 20.1 Å². The summed E-state index contributed by atoms with van der Waals surface area (Å²) in [6.45, 7) is 14.3. The lowest BCUT2D eigenvalue weighted by atomic mass is 10.1. The van der Waals surface area contributed by atoms with E-state index in [0.29, 0.717) is 6.04 Å². The van der Waals surface area contributed by atoms with Crippen LogP contribution in [-0.4, -0.2) is 48.6 Å². The fraction of sp³-hybridized carbons (Fsp3) is 0.933. The number of carbonyl (C=O) groups excluding carboxylic acids is 1. The molecule has 0 radical (unpaired) electrons. The molecule has 1 atom stereocenters. The zero-order valence-corrected chi connectivity index (χ0v) is 13.8. The maximum absolute atomic E-state index is 11.8. The Morgan fingerprint density at radius 3 is 2.21 bits per heavy atom. The zero-order chi connectivity index (χ0) is 15.1. The van der Waals surface area contributed by atoms with Crippen molar-refractivity contribution in [3.05, 3.63) is 0 Å². The molecule has 0 fully saturated rings. The lowest BCUT2D eigenvalue weighted by Gasteiger charge is -2.24. The fourth-order valence-electron chi connectivity index (χ4n) is 1.63. The molecule has 114 valence electrons. The predicted molar refractivity (Wildman–Crippen MR) is 82.4 cm³/mol. The van der Waals surface area contributed by atoms with Crippen LogP contribution in [0.1, 0.15) is 54.4 Å². The Labute approximate surface area is 119 Å². The van der Waals surface area contributed by atoms with Crippen LogP contribution < -0.4 is 10.6 Å². The first-order valence-corrected chi connectivity index (χ1v) is 7.39. The highest BCUT2D eigenvalue weighted by atomic mass is 16.2. The van der Waals surface area contributed by atoms with Crippen LogP contribution in [-0.2, 0) is 4.79 Å². The highest BCUT2D eigenvalue weighted by molar-refractivity contribution is 5.81. The van der Waals surface area contributed by atoms with Gasteiger partial charge in [0.25, 0.3) is 0 Å². The van der Waals surface area contributed by atoms with Crippen molar-refractivity contribution in [3.8, 4) is 0 Å². The Morgan fingerprint density at radius 1 is 1.16 bits per heavy atom. The normalized spacial score (nSPS) is 13.9. The second-order valence-electron chi connectivity index (χ2n) is 6.70. The molecule has 0 aliphatic heterocycles. The number of amides is 1. The first-order valence-electron chi connectivity index (χ1n) is 7.39. The summed E-state index contributed by atoms with van der Waals surface area (Å²) in [4.78, 5) is 14.2. The van der Waals surface area contributed by atoms with Gasteiger partial charge in [0.2, 0.25) is 5.91 Å². The lowest BCUT2D eigenvalue weighted by Crippen LogP contribution is -2.49. The number of nitrogens with zero attached hydrogens (tertiary/aromatic N) is 1. The molecular weight excluding hydrogens is 238 g/mol. The minimum absolute atomic E-state index is 0.0757. The highest BCUT2D eigenvalue weighted by Crippen LogP contribution is 2.00. The van der Waals surface area contributed by atoms with Crippen LogP contribution in [0.25, 0.3) is 0 Å². The van der Waals surface area contributed by atoms with Crippen molar-refractivity contribution >= 4 is 5.91 Å². The van der Waals surface area contributed by atoms with E-state index in [9.17, 15) is 4.79 Å². The molecule has 4 nitrogen and oxygen atoms in total. The van der Waals surface area contributed by atoms with Crippen molar-refractivity contribution in [2.24, 2.45) is 0 Å². The van der Waals surface area contributed by atoms with Crippen LogP contribution in [0.5, 0.6) is 0 Å². The number of carbonyl (C=O) groups is 1. The predicted octanol–water partition coefficient (Wildman–Crippen LogP) is 2.00. The topological polar surface area (TPSA) is 44.4 Å². The van der Waals surface area contributed by atoms with Gasteiger partial charge in [-0.3, -0.25) is 4.79 Å². The Bertz CT molecular complexity index is 259. The number of rotatable bonds is 8. The number of hydrogen-bond acceptors (Lipinski definition) is 3. The maximum Gasteiger partial charge on any atom is 0.237 e. The molecular formula is C15H33N3O. The second kappa shape index (κ2) is 8.54. The summed E-state index contributed by atoms with van der Waals surface area (Å²) in [7, 11) is 2.15. The summed E-state index contributed by atoms with van der Waals surface area (Å²) in [5.74, 6) is 0.0757. The molecule has 0 spiro atoms. The summed E-state index contributed by atoms with van der Waals surface area (Å²) in [6.07, 6.45) is 2.26. The van der Waals surface area contributed by atoms with E-state index in [-0.39, 0.29) is 17.5 Å². The molecule has 0 saturated heterocycles. The average Bonchev–Trinajstić information content (AvgIpc) is 2.25. The Morgan fingerprint density at radius 2 is 1.74 bits per heavy atom. The standard InChI is InChI=1S/C15H33N3O/c1-12(2)18(7)11-9-8-10-16-13(3)14(19)17-15(4,5)6/h12-13,16H,8-11H2,1-7H3,(H,17,19). The Kier molecular flexibility index (Phi) is 8.26. The molecule has 2 N–H and O–H groups in total. The Hall–Kier alpha value is -0.610. The third-order valence-corrected chi connectivity index (χ3v) is 3.16. The zero-order valence-electron chi connectivity index (χ0n) is 13.8. The molecule has 0 aliphatic carbocycles. The molecule has 1 amide bonds. The van der Waals surface area contributed by atoms with E-state index in [2.05, 4.69) is 36.4 Å². The molecule has 0 aromatic rings. The smallest absolute Gasteiger partial charge is 0.237 e. The van der Waals surface area contributed by atoms with Gasteiger partial charge in [-0.1, -0.05) is 0 Å². The van der Waals surface area contributed by atoms with Crippen molar-refractivity contribution in [1.82, 2.24) is 15.5 Å². The monoisotopic (exact) mass is 271 g/mol. The quantitative estimate of drug-likeness (QED) is 0.664. The Balaban J connectivity index is 3.69. The van der Waals surface area contributed by atoms with Gasteiger partial charge in [0.05, 0.1) is 6.04 Å². The molecule has 0 aromatic carbocycles. The number of unbranched alkanes of at least 4 members (excludes halogenated alkanes) is 1. The van der Waals surface area contributed by atoms with Crippen LogP contribution in [0.2, 0.25) is 0 Å². The molecule has 4 heteroatoms. The molecule has 0 saturated carbocycles. The molecule has 1 unspecified atom stereocenters. The summed E-state index contributed by atoms with van der Waals surface area (Å²) >= 11 is 0. The first-order chi connectivity index (χ1) is 8.63. The molecule has 19 heavy (non-hydrogen) atoms. The third-order valence-electron chi connectivity index (χ3n) is 3.16. The van der Waals surface area contributed by atoms with Gasteiger partial charge in [0.15, 0.2) is 0 Å². The summed E-state index contributed by atoms with van der Waals surface area (Å²) in [5.41, 5.74) is -0.160. The van der Waals surface area contributed by atoms with E-state index in [4.69, 9.17) is 0 Å². The minimum atomic E-state index is -0.160.